The predicted molar refractivity (Wildman–Crippen MR) is 29.1 cm³/mol. The number of thioether (sulfide) groups is 1. The zero-order valence-electron chi connectivity index (χ0n) is 5.82. The third-order valence-electron chi connectivity index (χ3n) is 0.390. The van der Waals surface area contributed by atoms with E-state index in [0.29, 0.717) is 0 Å². The fourth-order valence-corrected chi connectivity index (χ4v) is 0.306. The molecule has 0 heterocycles. The van der Waals surface area contributed by atoms with Gasteiger partial charge in [-0.05, 0) is 6.26 Å². The molecule has 0 atom stereocenters. The second-order valence-electron chi connectivity index (χ2n) is 0.742. The van der Waals surface area contributed by atoms with Gasteiger partial charge in [-0.15, -0.1) is 0 Å². The maximum atomic E-state index is 10.0. The van der Waals surface area contributed by atoms with Gasteiger partial charge < -0.3 is 6.74 Å². The van der Waals surface area contributed by atoms with Crippen LogP contribution in [0.1, 0.15) is 1.43 Å². The van der Waals surface area contributed by atoms with E-state index in [-0.39, 0.29) is 36.2 Å². The zero-order chi connectivity index (χ0) is 4.99. The molecule has 2 nitrogen and oxygen atoms in total. The minimum Gasteiger partial charge on any atom is -1.00 e. The van der Waals surface area contributed by atoms with Crippen molar-refractivity contribution >= 4 is 17.0 Å². The normalized spacial score (nSPS) is 6.57. The smallest absolute Gasteiger partial charge is 1.00 e. The molecule has 0 saturated heterocycles. The molecule has 7 heavy (non-hydrogen) atoms. The molecule has 0 bridgehead atoms. The van der Waals surface area contributed by atoms with Crippen LogP contribution in [-0.4, -0.2) is 18.5 Å². The second kappa shape index (κ2) is 6.82. The van der Waals surface area contributed by atoms with Crippen LogP contribution in [0.3, 0.4) is 0 Å². The molecule has 0 aliphatic heterocycles. The first-order valence-corrected chi connectivity index (χ1v) is 2.79. The van der Waals surface area contributed by atoms with E-state index in [1.165, 1.54) is 11.8 Å². The summed E-state index contributed by atoms with van der Waals surface area (Å²) in [5, 5.41) is 2.45. The first kappa shape index (κ1) is 10.7. The number of hydrogen-bond acceptors (Lipinski definition) is 2. The van der Waals surface area contributed by atoms with Crippen molar-refractivity contribution in [2.45, 2.75) is 0 Å². The summed E-state index contributed by atoms with van der Waals surface area (Å²) in [6.07, 6.45) is 1.73. The van der Waals surface area contributed by atoms with Crippen molar-refractivity contribution in [2.75, 3.05) is 13.3 Å². The Balaban J connectivity index is -0.000000125. The minimum absolute atomic E-state index is 0. The van der Waals surface area contributed by atoms with Gasteiger partial charge in [-0.1, -0.05) is 11.8 Å². The van der Waals surface area contributed by atoms with Crippen LogP contribution in [0.25, 0.3) is 0 Å². The quantitative estimate of drug-likeness (QED) is 0.376. The molecule has 0 spiro atoms. The average molecular weight is 129 g/mol. The Hall–Kier alpha value is 0.820. The van der Waals surface area contributed by atoms with Crippen molar-refractivity contribution in [3.8, 4) is 0 Å². The molecular weight excluding hydrogens is 121 g/mol. The molecule has 0 unspecified atom stereocenters. The molecule has 0 saturated carbocycles. The Morgan fingerprint density at radius 3 is 2.29 bits per heavy atom. The Morgan fingerprint density at radius 2 is 2.29 bits per heavy atom. The van der Waals surface area contributed by atoms with Crippen LogP contribution in [0.15, 0.2) is 0 Å². The molecular formula is C3H8NNaOS. The Bertz CT molecular complexity index is 57.2. The summed E-state index contributed by atoms with van der Waals surface area (Å²) in [4.78, 5) is 10.0. The van der Waals surface area contributed by atoms with Gasteiger partial charge in [0.25, 0.3) is 5.24 Å². The number of amides is 1. The first-order chi connectivity index (χ1) is 2.81. The van der Waals surface area contributed by atoms with Crippen molar-refractivity contribution in [3.63, 3.8) is 0 Å². The standard InChI is InChI=1S/C3H7NOS.Na.H/c1-4-3(5)6-2;;/h1-2H3,(H,4,5);;/q;+1;-1. The van der Waals surface area contributed by atoms with Crippen molar-refractivity contribution < 1.29 is 35.8 Å². The van der Waals surface area contributed by atoms with E-state index in [0.717, 1.165) is 0 Å². The molecule has 1 N–H and O–H groups in total. The molecule has 38 valence electrons. The predicted octanol–water partition coefficient (Wildman–Crippen LogP) is -2.19. The third kappa shape index (κ3) is 6.82. The topological polar surface area (TPSA) is 29.1 Å². The Morgan fingerprint density at radius 1 is 1.86 bits per heavy atom. The summed E-state index contributed by atoms with van der Waals surface area (Å²) in [7, 11) is 1.61. The van der Waals surface area contributed by atoms with Gasteiger partial charge in [0.05, 0.1) is 0 Å². The van der Waals surface area contributed by atoms with Crippen molar-refractivity contribution in [3.05, 3.63) is 0 Å². The maximum absolute atomic E-state index is 10.0. The van der Waals surface area contributed by atoms with E-state index in [2.05, 4.69) is 5.32 Å². The van der Waals surface area contributed by atoms with Gasteiger partial charge >= 0.3 is 29.6 Å². The van der Waals surface area contributed by atoms with E-state index in [1.807, 2.05) is 0 Å². The third-order valence-corrected chi connectivity index (χ3v) is 0.964. The van der Waals surface area contributed by atoms with Gasteiger partial charge in [-0.25, -0.2) is 0 Å². The Labute approximate surface area is 71.2 Å². The molecule has 1 amide bonds. The van der Waals surface area contributed by atoms with Crippen LogP contribution in [0, 0.1) is 0 Å². The van der Waals surface area contributed by atoms with E-state index >= 15 is 0 Å². The van der Waals surface area contributed by atoms with Crippen LogP contribution >= 0.6 is 11.8 Å². The fraction of sp³-hybridized carbons (Fsp3) is 0.667. The summed E-state index contributed by atoms with van der Waals surface area (Å²) in [6.45, 7) is 0. The molecule has 0 rings (SSSR count). The van der Waals surface area contributed by atoms with Gasteiger partial charge in [-0.3, -0.25) is 4.79 Å². The zero-order valence-corrected chi connectivity index (χ0v) is 7.63. The van der Waals surface area contributed by atoms with Crippen molar-refractivity contribution in [2.24, 2.45) is 0 Å². The number of carbonyl (C=O) groups is 1. The SMILES string of the molecule is CNC(=O)SC.[H-].[Na+]. The summed E-state index contributed by atoms with van der Waals surface area (Å²) >= 11 is 1.17. The van der Waals surface area contributed by atoms with E-state index in [1.54, 1.807) is 13.3 Å². The van der Waals surface area contributed by atoms with E-state index < -0.39 is 0 Å². The first-order valence-electron chi connectivity index (χ1n) is 1.57. The number of rotatable bonds is 0. The summed E-state index contributed by atoms with van der Waals surface area (Å²) < 4.78 is 0. The molecule has 0 aromatic heterocycles. The van der Waals surface area contributed by atoms with Gasteiger partial charge in [-0.2, -0.15) is 0 Å². The largest absolute Gasteiger partial charge is 1.00 e. The molecule has 0 radical (unpaired) electrons. The molecule has 0 aliphatic rings. The van der Waals surface area contributed by atoms with E-state index in [9.17, 15) is 4.79 Å². The van der Waals surface area contributed by atoms with E-state index in [4.69, 9.17) is 0 Å². The number of carbonyl (C=O) groups excluding carboxylic acids is 1. The summed E-state index contributed by atoms with van der Waals surface area (Å²) in [6, 6.07) is 0. The molecule has 0 aromatic carbocycles. The summed E-state index contributed by atoms with van der Waals surface area (Å²) in [5.74, 6) is 0. The van der Waals surface area contributed by atoms with Crippen LogP contribution in [0.5, 0.6) is 0 Å². The van der Waals surface area contributed by atoms with Crippen LogP contribution in [0.4, 0.5) is 4.79 Å². The number of hydrogen-bond donors (Lipinski definition) is 1. The van der Waals surface area contributed by atoms with Crippen LogP contribution in [0.2, 0.25) is 0 Å². The van der Waals surface area contributed by atoms with Crippen LogP contribution < -0.4 is 34.9 Å². The fourth-order valence-electron chi connectivity index (χ4n) is 0.102. The second-order valence-corrected chi connectivity index (χ2v) is 1.52. The van der Waals surface area contributed by atoms with Gasteiger partial charge in [0.15, 0.2) is 0 Å². The van der Waals surface area contributed by atoms with Crippen molar-refractivity contribution in [1.29, 1.82) is 0 Å². The average Bonchev–Trinajstić information content (AvgIpc) is 1.65. The maximum Gasteiger partial charge on any atom is 1.00 e. The molecule has 0 aliphatic carbocycles. The molecule has 0 fully saturated rings. The Kier molecular flexibility index (Phi) is 10.5. The van der Waals surface area contributed by atoms with Gasteiger partial charge in [0.2, 0.25) is 0 Å². The monoisotopic (exact) mass is 129 g/mol. The van der Waals surface area contributed by atoms with Gasteiger partial charge in [0.1, 0.15) is 0 Å². The molecule has 0 aromatic rings. The number of nitrogens with one attached hydrogen (secondary N) is 1. The minimum atomic E-state index is 0. The van der Waals surface area contributed by atoms with Gasteiger partial charge in [0, 0.05) is 7.05 Å². The summed E-state index contributed by atoms with van der Waals surface area (Å²) in [5.41, 5.74) is 0. The van der Waals surface area contributed by atoms with Crippen LogP contribution in [-0.2, 0) is 0 Å². The van der Waals surface area contributed by atoms with Crippen molar-refractivity contribution in [1.82, 2.24) is 5.32 Å². The molecule has 4 heteroatoms.